The highest BCUT2D eigenvalue weighted by atomic mass is 16.2. The molecule has 0 aromatic rings. The van der Waals surface area contributed by atoms with Gasteiger partial charge < -0.3 is 11.1 Å². The van der Waals surface area contributed by atoms with Crippen molar-refractivity contribution in [2.75, 3.05) is 26.2 Å². The van der Waals surface area contributed by atoms with Crippen LogP contribution < -0.4 is 11.1 Å². The summed E-state index contributed by atoms with van der Waals surface area (Å²) in [5.74, 6) is 0.563. The summed E-state index contributed by atoms with van der Waals surface area (Å²) < 4.78 is 0. The van der Waals surface area contributed by atoms with Gasteiger partial charge in [0.25, 0.3) is 0 Å². The third kappa shape index (κ3) is 2.25. The predicted octanol–water partition coefficient (Wildman–Crippen LogP) is -0.208. The van der Waals surface area contributed by atoms with E-state index in [1.807, 2.05) is 13.8 Å². The highest BCUT2D eigenvalue weighted by Crippen LogP contribution is 2.18. The molecule has 0 radical (unpaired) electrons. The molecule has 1 amide bonds. The van der Waals surface area contributed by atoms with Gasteiger partial charge in [-0.05, 0) is 26.3 Å². The van der Waals surface area contributed by atoms with Gasteiger partial charge >= 0.3 is 0 Å². The first kappa shape index (κ1) is 11.5. The molecular formula is C10H21N3O. The molecule has 3 N–H and O–H groups in total. The molecule has 0 aromatic heterocycles. The van der Waals surface area contributed by atoms with Gasteiger partial charge in [-0.2, -0.15) is 0 Å². The fourth-order valence-corrected chi connectivity index (χ4v) is 1.71. The molecule has 4 heteroatoms. The van der Waals surface area contributed by atoms with E-state index in [1.54, 1.807) is 0 Å². The van der Waals surface area contributed by atoms with Crippen LogP contribution in [-0.4, -0.2) is 42.5 Å². The average molecular weight is 199 g/mol. The Morgan fingerprint density at radius 3 is 2.86 bits per heavy atom. The van der Waals surface area contributed by atoms with Gasteiger partial charge in [-0.1, -0.05) is 6.92 Å². The molecule has 1 aliphatic rings. The Morgan fingerprint density at radius 1 is 1.64 bits per heavy atom. The van der Waals surface area contributed by atoms with Gasteiger partial charge in [0.05, 0.1) is 5.54 Å². The Hall–Kier alpha value is -0.610. The Labute approximate surface area is 85.8 Å². The SMILES string of the molecule is CC(CN)CN1CCNC(=O)C1(C)C. The Bertz CT molecular complexity index is 215. The zero-order valence-corrected chi connectivity index (χ0v) is 9.34. The van der Waals surface area contributed by atoms with E-state index in [9.17, 15) is 4.79 Å². The second-order valence-electron chi connectivity index (χ2n) is 4.60. The topological polar surface area (TPSA) is 58.4 Å². The summed E-state index contributed by atoms with van der Waals surface area (Å²) in [6.07, 6.45) is 0. The van der Waals surface area contributed by atoms with Gasteiger partial charge in [0.2, 0.25) is 5.91 Å². The van der Waals surface area contributed by atoms with Crippen molar-refractivity contribution in [2.24, 2.45) is 11.7 Å². The van der Waals surface area contributed by atoms with Crippen LogP contribution in [0.25, 0.3) is 0 Å². The summed E-state index contributed by atoms with van der Waals surface area (Å²) in [5, 5.41) is 2.88. The lowest BCUT2D eigenvalue weighted by Gasteiger charge is -2.42. The van der Waals surface area contributed by atoms with Crippen LogP contribution in [-0.2, 0) is 4.79 Å². The Kier molecular flexibility index (Phi) is 3.50. The standard InChI is InChI=1S/C10H21N3O/c1-8(6-11)7-13-5-4-12-9(14)10(13,2)3/h8H,4-7,11H2,1-3H3,(H,12,14). The molecular weight excluding hydrogens is 178 g/mol. The molecule has 1 unspecified atom stereocenters. The largest absolute Gasteiger partial charge is 0.353 e. The lowest BCUT2D eigenvalue weighted by molar-refractivity contribution is -0.135. The van der Waals surface area contributed by atoms with Crippen LogP contribution >= 0.6 is 0 Å². The average Bonchev–Trinajstić information content (AvgIpc) is 2.13. The van der Waals surface area contributed by atoms with Crippen LogP contribution in [0.5, 0.6) is 0 Å². The Balaban J connectivity index is 2.62. The number of hydrogen-bond acceptors (Lipinski definition) is 3. The smallest absolute Gasteiger partial charge is 0.239 e. The van der Waals surface area contributed by atoms with Crippen molar-refractivity contribution in [2.45, 2.75) is 26.3 Å². The molecule has 82 valence electrons. The maximum atomic E-state index is 11.6. The van der Waals surface area contributed by atoms with Gasteiger partial charge in [-0.25, -0.2) is 0 Å². The van der Waals surface area contributed by atoms with E-state index in [-0.39, 0.29) is 11.4 Å². The lowest BCUT2D eigenvalue weighted by Crippen LogP contribution is -2.62. The third-order valence-electron chi connectivity index (χ3n) is 2.95. The van der Waals surface area contributed by atoms with Crippen molar-refractivity contribution < 1.29 is 4.79 Å². The molecule has 1 heterocycles. The zero-order valence-electron chi connectivity index (χ0n) is 9.34. The summed E-state index contributed by atoms with van der Waals surface area (Å²) in [6.45, 7) is 9.28. The van der Waals surface area contributed by atoms with E-state index in [4.69, 9.17) is 5.73 Å². The number of piperazine rings is 1. The highest BCUT2D eigenvalue weighted by molar-refractivity contribution is 5.86. The van der Waals surface area contributed by atoms with Crippen LogP contribution in [0, 0.1) is 5.92 Å². The van der Waals surface area contributed by atoms with E-state index in [0.29, 0.717) is 12.5 Å². The molecule has 14 heavy (non-hydrogen) atoms. The van der Waals surface area contributed by atoms with E-state index in [2.05, 4.69) is 17.1 Å². The molecule has 1 saturated heterocycles. The number of nitrogens with zero attached hydrogens (tertiary/aromatic N) is 1. The van der Waals surface area contributed by atoms with Crippen molar-refractivity contribution in [3.05, 3.63) is 0 Å². The Morgan fingerprint density at radius 2 is 2.29 bits per heavy atom. The number of carbonyl (C=O) groups excluding carboxylic acids is 1. The van der Waals surface area contributed by atoms with E-state index in [0.717, 1.165) is 19.6 Å². The van der Waals surface area contributed by atoms with Gasteiger partial charge in [0.15, 0.2) is 0 Å². The minimum absolute atomic E-state index is 0.118. The normalized spacial score (nSPS) is 24.4. The summed E-state index contributed by atoms with van der Waals surface area (Å²) in [4.78, 5) is 13.8. The van der Waals surface area contributed by atoms with Crippen LogP contribution in [0.2, 0.25) is 0 Å². The van der Waals surface area contributed by atoms with Crippen molar-refractivity contribution in [1.29, 1.82) is 0 Å². The van der Waals surface area contributed by atoms with Crippen LogP contribution in [0.1, 0.15) is 20.8 Å². The molecule has 0 aromatic carbocycles. The molecule has 0 aliphatic carbocycles. The van der Waals surface area contributed by atoms with Crippen molar-refractivity contribution >= 4 is 5.91 Å². The van der Waals surface area contributed by atoms with Gasteiger partial charge in [0, 0.05) is 19.6 Å². The number of nitrogens with two attached hydrogens (primary N) is 1. The quantitative estimate of drug-likeness (QED) is 0.661. The van der Waals surface area contributed by atoms with Crippen molar-refractivity contribution in [3.63, 3.8) is 0 Å². The molecule has 4 nitrogen and oxygen atoms in total. The minimum atomic E-state index is -0.387. The van der Waals surface area contributed by atoms with Crippen molar-refractivity contribution in [3.8, 4) is 0 Å². The van der Waals surface area contributed by atoms with E-state index < -0.39 is 0 Å². The molecule has 1 rings (SSSR count). The number of amides is 1. The number of nitrogens with one attached hydrogen (secondary N) is 1. The summed E-state index contributed by atoms with van der Waals surface area (Å²) in [5.41, 5.74) is 5.20. The predicted molar refractivity (Wildman–Crippen MR) is 56.9 cm³/mol. The maximum absolute atomic E-state index is 11.6. The van der Waals surface area contributed by atoms with E-state index >= 15 is 0 Å². The van der Waals surface area contributed by atoms with E-state index in [1.165, 1.54) is 0 Å². The molecule has 0 spiro atoms. The first-order chi connectivity index (χ1) is 6.48. The second kappa shape index (κ2) is 4.28. The minimum Gasteiger partial charge on any atom is -0.353 e. The summed E-state index contributed by atoms with van der Waals surface area (Å²) in [6, 6.07) is 0. The van der Waals surface area contributed by atoms with Crippen molar-refractivity contribution in [1.82, 2.24) is 10.2 Å². The maximum Gasteiger partial charge on any atom is 0.239 e. The molecule has 0 bridgehead atoms. The molecule has 1 fully saturated rings. The van der Waals surface area contributed by atoms with Gasteiger partial charge in [-0.15, -0.1) is 0 Å². The van der Waals surface area contributed by atoms with Gasteiger partial charge in [0.1, 0.15) is 0 Å². The zero-order chi connectivity index (χ0) is 10.8. The monoisotopic (exact) mass is 199 g/mol. The van der Waals surface area contributed by atoms with Gasteiger partial charge in [-0.3, -0.25) is 9.69 Å². The fourth-order valence-electron chi connectivity index (χ4n) is 1.71. The fraction of sp³-hybridized carbons (Fsp3) is 0.900. The second-order valence-corrected chi connectivity index (χ2v) is 4.60. The highest BCUT2D eigenvalue weighted by Gasteiger charge is 2.37. The number of carbonyl (C=O) groups is 1. The molecule has 1 atom stereocenters. The molecule has 1 aliphatic heterocycles. The third-order valence-corrected chi connectivity index (χ3v) is 2.95. The first-order valence-corrected chi connectivity index (χ1v) is 5.22. The summed E-state index contributed by atoms with van der Waals surface area (Å²) >= 11 is 0. The first-order valence-electron chi connectivity index (χ1n) is 5.22. The lowest BCUT2D eigenvalue weighted by atomic mass is 9.97. The number of rotatable bonds is 3. The molecule has 0 saturated carbocycles. The van der Waals surface area contributed by atoms with Crippen LogP contribution in [0.4, 0.5) is 0 Å². The summed E-state index contributed by atoms with van der Waals surface area (Å²) in [7, 11) is 0. The van der Waals surface area contributed by atoms with Crippen LogP contribution in [0.15, 0.2) is 0 Å². The van der Waals surface area contributed by atoms with Crippen LogP contribution in [0.3, 0.4) is 0 Å². The number of hydrogen-bond donors (Lipinski definition) is 2.